The van der Waals surface area contributed by atoms with Crippen LogP contribution in [0.15, 0.2) is 29.3 Å². The first kappa shape index (κ1) is 11.9. The van der Waals surface area contributed by atoms with E-state index in [-0.39, 0.29) is 12.5 Å². The van der Waals surface area contributed by atoms with E-state index in [0.29, 0.717) is 11.4 Å². The highest BCUT2D eigenvalue weighted by Gasteiger charge is 2.50. The zero-order valence-electron chi connectivity index (χ0n) is 10.2. The predicted molar refractivity (Wildman–Crippen MR) is 68.0 cm³/mol. The fraction of sp³-hybridized carbons (Fsp3) is 0.333. The molecule has 0 saturated carbocycles. The van der Waals surface area contributed by atoms with E-state index in [4.69, 9.17) is 5.11 Å². The van der Waals surface area contributed by atoms with Crippen LogP contribution in [0.4, 0.5) is 11.4 Å². The zero-order chi connectivity index (χ0) is 13.8. The minimum atomic E-state index is -1.65. The number of fused-ring (bicyclic) bond motifs is 3. The van der Waals surface area contributed by atoms with Crippen molar-refractivity contribution < 1.29 is 20.1 Å². The Labute approximate surface area is 109 Å². The average molecular weight is 263 g/mol. The van der Waals surface area contributed by atoms with Crippen molar-refractivity contribution in [1.82, 2.24) is 0 Å². The van der Waals surface area contributed by atoms with Crippen LogP contribution in [-0.2, 0) is 4.79 Å². The number of para-hydroxylation sites is 2. The summed E-state index contributed by atoms with van der Waals surface area (Å²) in [6.07, 6.45) is -1.23. The summed E-state index contributed by atoms with van der Waals surface area (Å²) in [6.45, 7) is 1.10. The number of benzene rings is 1. The summed E-state index contributed by atoms with van der Waals surface area (Å²) in [6, 6.07) is 7.05. The van der Waals surface area contributed by atoms with Gasteiger partial charge < -0.3 is 15.3 Å². The molecular formula is C12H13N3O4. The lowest BCUT2D eigenvalue weighted by atomic mass is 10.2. The minimum absolute atomic E-state index is 0.251. The third kappa shape index (κ3) is 1.59. The lowest BCUT2D eigenvalue weighted by Crippen LogP contribution is -2.46. The van der Waals surface area contributed by atoms with Gasteiger partial charge in [-0.1, -0.05) is 12.1 Å². The highest BCUT2D eigenvalue weighted by Crippen LogP contribution is 2.43. The molecule has 0 aliphatic carbocycles. The van der Waals surface area contributed by atoms with Crippen molar-refractivity contribution in [2.75, 3.05) is 16.3 Å². The second kappa shape index (κ2) is 3.69. The molecule has 2 aliphatic heterocycles. The van der Waals surface area contributed by atoms with Crippen LogP contribution in [0, 0.1) is 0 Å². The van der Waals surface area contributed by atoms with Gasteiger partial charge in [-0.05, 0) is 19.1 Å². The maximum absolute atomic E-state index is 11.0. The van der Waals surface area contributed by atoms with Gasteiger partial charge in [0.2, 0.25) is 11.7 Å². The molecular weight excluding hydrogens is 250 g/mol. The Morgan fingerprint density at radius 1 is 1.42 bits per heavy atom. The Morgan fingerprint density at radius 2 is 2.05 bits per heavy atom. The van der Waals surface area contributed by atoms with Crippen molar-refractivity contribution in [2.24, 2.45) is 4.99 Å². The van der Waals surface area contributed by atoms with Crippen LogP contribution < -0.4 is 9.80 Å². The molecule has 19 heavy (non-hydrogen) atoms. The summed E-state index contributed by atoms with van der Waals surface area (Å²) in [7, 11) is 0. The highest BCUT2D eigenvalue weighted by molar-refractivity contribution is 6.19. The number of aliphatic imine (C=N–C) groups is 1. The SMILES string of the molecule is CC1(O)N=C2N(CC(=O)O)c3ccccc3N2C1O. The van der Waals surface area contributed by atoms with Crippen molar-refractivity contribution in [3.8, 4) is 0 Å². The van der Waals surface area contributed by atoms with Gasteiger partial charge in [-0.15, -0.1) is 0 Å². The molecule has 3 rings (SSSR count). The fourth-order valence-electron chi connectivity index (χ4n) is 2.39. The van der Waals surface area contributed by atoms with Gasteiger partial charge in [0.05, 0.1) is 11.4 Å². The number of aliphatic hydroxyl groups excluding tert-OH is 1. The van der Waals surface area contributed by atoms with Crippen LogP contribution in [0.5, 0.6) is 0 Å². The average Bonchev–Trinajstić information content (AvgIpc) is 2.74. The standard InChI is InChI=1S/C12H13N3O4/c1-12(19)10(18)15-8-5-3-2-4-7(8)14(6-9(16)17)11(15)13-12/h2-5,10,18-19H,6H2,1H3,(H,16,17). The van der Waals surface area contributed by atoms with Crippen LogP contribution in [-0.4, -0.2) is 45.7 Å². The van der Waals surface area contributed by atoms with E-state index < -0.39 is 17.9 Å². The van der Waals surface area contributed by atoms with Gasteiger partial charge in [-0.3, -0.25) is 14.6 Å². The fourth-order valence-corrected chi connectivity index (χ4v) is 2.39. The highest BCUT2D eigenvalue weighted by atomic mass is 16.4. The summed E-state index contributed by atoms with van der Waals surface area (Å²) >= 11 is 0. The largest absolute Gasteiger partial charge is 0.480 e. The second-order valence-electron chi connectivity index (χ2n) is 4.72. The summed E-state index contributed by atoms with van der Waals surface area (Å²) < 4.78 is 0. The van der Waals surface area contributed by atoms with Crippen molar-refractivity contribution in [3.63, 3.8) is 0 Å². The van der Waals surface area contributed by atoms with E-state index >= 15 is 0 Å². The predicted octanol–water partition coefficient (Wildman–Crippen LogP) is -0.206. The Balaban J connectivity index is 2.13. The number of aliphatic carboxylic acids is 1. The van der Waals surface area contributed by atoms with Crippen molar-refractivity contribution >= 4 is 23.3 Å². The molecule has 0 saturated heterocycles. The molecule has 2 aliphatic rings. The summed E-state index contributed by atoms with van der Waals surface area (Å²) in [5.74, 6) is -0.763. The Kier molecular flexibility index (Phi) is 2.32. The number of rotatable bonds is 2. The number of hydrogen-bond acceptors (Lipinski definition) is 6. The molecule has 0 radical (unpaired) electrons. The molecule has 0 bridgehead atoms. The number of guanidine groups is 1. The maximum Gasteiger partial charge on any atom is 0.323 e. The van der Waals surface area contributed by atoms with E-state index in [2.05, 4.69) is 4.99 Å². The smallest absolute Gasteiger partial charge is 0.323 e. The van der Waals surface area contributed by atoms with Crippen LogP contribution in [0.3, 0.4) is 0 Å². The Bertz CT molecular complexity index is 584. The van der Waals surface area contributed by atoms with E-state index in [1.165, 1.54) is 16.7 Å². The molecule has 0 spiro atoms. The van der Waals surface area contributed by atoms with Crippen molar-refractivity contribution in [3.05, 3.63) is 24.3 Å². The van der Waals surface area contributed by atoms with Gasteiger partial charge >= 0.3 is 5.97 Å². The van der Waals surface area contributed by atoms with Crippen LogP contribution in [0.1, 0.15) is 6.92 Å². The van der Waals surface area contributed by atoms with Crippen molar-refractivity contribution in [1.29, 1.82) is 0 Å². The summed E-state index contributed by atoms with van der Waals surface area (Å²) in [4.78, 5) is 17.9. The quantitative estimate of drug-likeness (QED) is 0.683. The second-order valence-corrected chi connectivity index (χ2v) is 4.72. The molecule has 1 aromatic carbocycles. The van der Waals surface area contributed by atoms with Gasteiger partial charge in [0, 0.05) is 0 Å². The lowest BCUT2D eigenvalue weighted by molar-refractivity contribution is -0.135. The maximum atomic E-state index is 11.0. The van der Waals surface area contributed by atoms with Gasteiger partial charge in [0.1, 0.15) is 6.54 Å². The molecule has 0 aromatic heterocycles. The number of nitrogens with zero attached hydrogens (tertiary/aromatic N) is 3. The number of carboxylic acid groups (broad SMARTS) is 1. The lowest BCUT2D eigenvalue weighted by Gasteiger charge is -2.24. The van der Waals surface area contributed by atoms with Crippen LogP contribution in [0.25, 0.3) is 0 Å². The molecule has 1 aromatic rings. The Morgan fingerprint density at radius 3 is 2.68 bits per heavy atom. The molecule has 7 heteroatoms. The molecule has 0 fully saturated rings. The molecule has 0 amide bonds. The first-order valence-electron chi connectivity index (χ1n) is 5.80. The molecule has 100 valence electrons. The van der Waals surface area contributed by atoms with Gasteiger partial charge in [-0.25, -0.2) is 4.99 Å². The van der Waals surface area contributed by atoms with Crippen LogP contribution in [0.2, 0.25) is 0 Å². The van der Waals surface area contributed by atoms with E-state index in [1.807, 2.05) is 0 Å². The van der Waals surface area contributed by atoms with Gasteiger partial charge in [0.25, 0.3) is 0 Å². The van der Waals surface area contributed by atoms with Crippen molar-refractivity contribution in [2.45, 2.75) is 18.9 Å². The first-order valence-corrected chi connectivity index (χ1v) is 5.80. The number of anilines is 2. The van der Waals surface area contributed by atoms with E-state index in [0.717, 1.165) is 0 Å². The third-order valence-electron chi connectivity index (χ3n) is 3.24. The first-order chi connectivity index (χ1) is 8.92. The Hall–Kier alpha value is -2.12. The monoisotopic (exact) mass is 263 g/mol. The normalized spacial score (nSPS) is 28.2. The molecule has 2 heterocycles. The molecule has 7 nitrogen and oxygen atoms in total. The third-order valence-corrected chi connectivity index (χ3v) is 3.24. The topological polar surface area (TPSA) is 96.6 Å². The minimum Gasteiger partial charge on any atom is -0.480 e. The number of carbonyl (C=O) groups is 1. The van der Waals surface area contributed by atoms with E-state index in [9.17, 15) is 15.0 Å². The van der Waals surface area contributed by atoms with Crippen LogP contribution >= 0.6 is 0 Å². The van der Waals surface area contributed by atoms with Gasteiger partial charge in [-0.2, -0.15) is 0 Å². The van der Waals surface area contributed by atoms with E-state index in [1.54, 1.807) is 24.3 Å². The summed E-state index contributed by atoms with van der Waals surface area (Å²) in [5.41, 5.74) is -0.370. The van der Waals surface area contributed by atoms with Gasteiger partial charge in [0.15, 0.2) is 6.23 Å². The molecule has 2 atom stereocenters. The number of hydrogen-bond donors (Lipinski definition) is 3. The zero-order valence-corrected chi connectivity index (χ0v) is 10.2. The summed E-state index contributed by atoms with van der Waals surface area (Å²) in [5, 5.41) is 29.1. The number of carboxylic acids is 1. The molecule has 3 N–H and O–H groups in total. The molecule has 2 unspecified atom stereocenters. The number of aliphatic hydroxyl groups is 2.